The van der Waals surface area contributed by atoms with Crippen molar-refractivity contribution >= 4 is 5.78 Å². The molecule has 4 saturated carbocycles. The minimum absolute atomic E-state index is 0.0490. The molecule has 2 saturated heterocycles. The Labute approximate surface area is 192 Å². The highest BCUT2D eigenvalue weighted by Crippen LogP contribution is 2.70. The number of ketones is 1. The Balaban J connectivity index is 1.30. The van der Waals surface area contributed by atoms with Gasteiger partial charge in [-0.25, -0.2) is 0 Å². The molecule has 180 valence electrons. The maximum absolute atomic E-state index is 14.0. The first-order valence-electron chi connectivity index (χ1n) is 13.3. The molecule has 5 nitrogen and oxygen atoms in total. The number of Topliss-reactive ketones (excluding diaryl/α,β-unsaturated/α-hetero) is 1. The van der Waals surface area contributed by atoms with Gasteiger partial charge in [-0.05, 0) is 73.5 Å². The predicted octanol–water partition coefficient (Wildman–Crippen LogP) is 3.94. The van der Waals surface area contributed by atoms with Crippen LogP contribution in [0.1, 0.15) is 79.1 Å². The molecular weight excluding hydrogens is 404 g/mol. The van der Waals surface area contributed by atoms with Crippen LogP contribution in [0.3, 0.4) is 0 Å². The molecule has 13 atom stereocenters. The van der Waals surface area contributed by atoms with E-state index in [1.165, 1.54) is 0 Å². The summed E-state index contributed by atoms with van der Waals surface area (Å²) < 4.78 is 13.2. The van der Waals surface area contributed by atoms with Crippen molar-refractivity contribution in [2.24, 2.45) is 52.3 Å². The molecular formula is C27H42O5. The number of aliphatic hydroxyl groups excluding tert-OH is 2. The zero-order valence-electron chi connectivity index (χ0n) is 20.3. The molecule has 32 heavy (non-hydrogen) atoms. The minimum Gasteiger partial charge on any atom is -0.390 e. The fourth-order valence-corrected chi connectivity index (χ4v) is 9.97. The van der Waals surface area contributed by atoms with Crippen LogP contribution in [-0.4, -0.2) is 46.7 Å². The molecule has 6 rings (SSSR count). The van der Waals surface area contributed by atoms with Gasteiger partial charge in [-0.2, -0.15) is 0 Å². The van der Waals surface area contributed by atoms with Gasteiger partial charge in [-0.15, -0.1) is 0 Å². The van der Waals surface area contributed by atoms with Crippen LogP contribution in [0, 0.1) is 52.3 Å². The highest BCUT2D eigenvalue weighted by molar-refractivity contribution is 5.87. The lowest BCUT2D eigenvalue weighted by molar-refractivity contribution is -0.272. The van der Waals surface area contributed by atoms with Crippen LogP contribution in [0.15, 0.2) is 0 Å². The van der Waals surface area contributed by atoms with Gasteiger partial charge in [0.15, 0.2) is 5.79 Å². The zero-order valence-corrected chi connectivity index (χ0v) is 20.3. The van der Waals surface area contributed by atoms with Crippen LogP contribution >= 0.6 is 0 Å². The zero-order chi connectivity index (χ0) is 22.6. The lowest BCUT2D eigenvalue weighted by Gasteiger charge is -2.61. The third-order valence-corrected chi connectivity index (χ3v) is 11.8. The second-order valence-electron chi connectivity index (χ2n) is 13.1. The van der Waals surface area contributed by atoms with Crippen molar-refractivity contribution in [1.82, 2.24) is 0 Å². The molecule has 0 aromatic rings. The quantitative estimate of drug-likeness (QED) is 0.589. The van der Waals surface area contributed by atoms with Gasteiger partial charge in [-0.3, -0.25) is 4.79 Å². The van der Waals surface area contributed by atoms with Crippen LogP contribution < -0.4 is 0 Å². The Morgan fingerprint density at radius 1 is 1.00 bits per heavy atom. The fourth-order valence-electron chi connectivity index (χ4n) is 9.97. The van der Waals surface area contributed by atoms with Crippen molar-refractivity contribution in [2.75, 3.05) is 6.61 Å². The Kier molecular flexibility index (Phi) is 4.83. The Morgan fingerprint density at radius 2 is 1.78 bits per heavy atom. The topological polar surface area (TPSA) is 76.0 Å². The van der Waals surface area contributed by atoms with Crippen LogP contribution in [0.4, 0.5) is 0 Å². The van der Waals surface area contributed by atoms with E-state index in [0.717, 1.165) is 38.7 Å². The molecule has 4 aliphatic carbocycles. The third-order valence-electron chi connectivity index (χ3n) is 11.8. The molecule has 0 aromatic heterocycles. The molecule has 0 aromatic carbocycles. The summed E-state index contributed by atoms with van der Waals surface area (Å²) in [6, 6.07) is 0. The summed E-state index contributed by atoms with van der Waals surface area (Å²) in [5.74, 6) is 2.64. The minimum atomic E-state index is -0.657. The van der Waals surface area contributed by atoms with Crippen LogP contribution in [0.2, 0.25) is 0 Å². The second kappa shape index (κ2) is 7.02. The van der Waals surface area contributed by atoms with Crippen molar-refractivity contribution in [3.63, 3.8) is 0 Å². The summed E-state index contributed by atoms with van der Waals surface area (Å²) >= 11 is 0. The number of aliphatic hydroxyl groups is 2. The Morgan fingerprint density at radius 3 is 2.50 bits per heavy atom. The molecule has 2 heterocycles. The maximum atomic E-state index is 14.0. The average molecular weight is 447 g/mol. The van der Waals surface area contributed by atoms with E-state index in [-0.39, 0.29) is 28.8 Å². The SMILES string of the molecule is C[C@H]1CC[C@@]2(OC1)O[C@H]1C[C@H]3[C@@H]4CC[C@H]5C[C@@H](O)[C@H](O)C[C@]5(C)[C@H]4CC(=O)[C@]3(C)[C@H]1[C@@H]2C. The van der Waals surface area contributed by atoms with Crippen molar-refractivity contribution in [3.8, 4) is 0 Å². The lowest BCUT2D eigenvalue weighted by atomic mass is 9.43. The molecule has 2 aliphatic heterocycles. The standard InChI is InChI=1S/C27H42O5/c1-14-7-8-27(31-13-14)15(2)24-22(32-27)10-19-17-6-5-16-9-20(28)21(29)12-25(16,3)18(17)11-23(30)26(19,24)4/h14-22,24,28-29H,5-13H2,1-4H3/t14-,15-,16-,17+,18-,19-,20+,21+,22-,24-,25-,26+,27+/m0/s1. The average Bonchev–Trinajstić information content (AvgIpc) is 3.19. The smallest absolute Gasteiger partial charge is 0.171 e. The first-order valence-corrected chi connectivity index (χ1v) is 13.3. The van der Waals surface area contributed by atoms with Gasteiger partial charge in [0.05, 0.1) is 24.9 Å². The van der Waals surface area contributed by atoms with Gasteiger partial charge in [0.25, 0.3) is 0 Å². The fraction of sp³-hybridized carbons (Fsp3) is 0.963. The molecule has 1 spiro atoms. The number of carbonyl (C=O) groups excluding carboxylic acids is 1. The molecule has 6 aliphatic rings. The maximum Gasteiger partial charge on any atom is 0.171 e. The summed E-state index contributed by atoms with van der Waals surface area (Å²) in [6.07, 6.45) is 6.12. The van der Waals surface area contributed by atoms with Crippen molar-refractivity contribution in [1.29, 1.82) is 0 Å². The highest BCUT2D eigenvalue weighted by Gasteiger charge is 2.71. The number of hydrogen-bond donors (Lipinski definition) is 2. The van der Waals surface area contributed by atoms with E-state index < -0.39 is 18.0 Å². The summed E-state index contributed by atoms with van der Waals surface area (Å²) in [7, 11) is 0. The van der Waals surface area contributed by atoms with Crippen molar-refractivity contribution in [3.05, 3.63) is 0 Å². The van der Waals surface area contributed by atoms with E-state index in [2.05, 4.69) is 27.7 Å². The van der Waals surface area contributed by atoms with E-state index in [1.54, 1.807) is 0 Å². The number of rotatable bonds is 0. The van der Waals surface area contributed by atoms with E-state index in [4.69, 9.17) is 9.47 Å². The van der Waals surface area contributed by atoms with Gasteiger partial charge in [-0.1, -0.05) is 27.7 Å². The van der Waals surface area contributed by atoms with Crippen LogP contribution in [-0.2, 0) is 14.3 Å². The van der Waals surface area contributed by atoms with Gasteiger partial charge in [0.2, 0.25) is 0 Å². The second-order valence-corrected chi connectivity index (χ2v) is 13.1. The number of ether oxygens (including phenoxy) is 2. The van der Waals surface area contributed by atoms with Crippen molar-refractivity contribution in [2.45, 2.75) is 103 Å². The van der Waals surface area contributed by atoms with Gasteiger partial charge in [0.1, 0.15) is 5.78 Å². The van der Waals surface area contributed by atoms with E-state index in [9.17, 15) is 15.0 Å². The van der Waals surface area contributed by atoms with E-state index in [0.29, 0.717) is 54.6 Å². The molecule has 5 heteroatoms. The van der Waals surface area contributed by atoms with E-state index in [1.807, 2.05) is 0 Å². The van der Waals surface area contributed by atoms with Crippen LogP contribution in [0.5, 0.6) is 0 Å². The first kappa shape index (κ1) is 22.0. The third kappa shape index (κ3) is 2.69. The molecule has 2 N–H and O–H groups in total. The predicted molar refractivity (Wildman–Crippen MR) is 120 cm³/mol. The van der Waals surface area contributed by atoms with Gasteiger partial charge >= 0.3 is 0 Å². The first-order chi connectivity index (χ1) is 15.1. The molecule has 0 radical (unpaired) electrons. The Bertz CT molecular complexity index is 789. The van der Waals surface area contributed by atoms with Gasteiger partial charge in [0, 0.05) is 30.1 Å². The summed E-state index contributed by atoms with van der Waals surface area (Å²) in [6.45, 7) is 9.86. The van der Waals surface area contributed by atoms with Crippen LogP contribution in [0.25, 0.3) is 0 Å². The molecule has 0 bridgehead atoms. The largest absolute Gasteiger partial charge is 0.390 e. The summed E-state index contributed by atoms with van der Waals surface area (Å²) in [5, 5.41) is 20.8. The van der Waals surface area contributed by atoms with Crippen molar-refractivity contribution < 1.29 is 24.5 Å². The van der Waals surface area contributed by atoms with E-state index >= 15 is 0 Å². The Hall–Kier alpha value is -0.490. The lowest BCUT2D eigenvalue weighted by Crippen LogP contribution is -2.59. The molecule has 0 unspecified atom stereocenters. The number of carbonyl (C=O) groups is 1. The monoisotopic (exact) mass is 446 g/mol. The molecule has 0 amide bonds. The molecule has 6 fully saturated rings. The highest BCUT2D eigenvalue weighted by atomic mass is 16.7. The number of hydrogen-bond acceptors (Lipinski definition) is 5. The summed E-state index contributed by atoms with van der Waals surface area (Å²) in [5.41, 5.74) is -0.371. The normalized spacial score (nSPS) is 61.8. The number of fused-ring (bicyclic) bond motifs is 7. The van der Waals surface area contributed by atoms with Gasteiger partial charge < -0.3 is 19.7 Å². The summed E-state index contributed by atoms with van der Waals surface area (Å²) in [4.78, 5) is 14.0.